The Kier molecular flexibility index (Phi) is 7.23. The summed E-state index contributed by atoms with van der Waals surface area (Å²) in [6.07, 6.45) is 3.78. The van der Waals surface area contributed by atoms with Crippen LogP contribution < -0.4 is 10.9 Å². The molecule has 1 unspecified atom stereocenters. The first-order valence-corrected chi connectivity index (χ1v) is 12.0. The van der Waals surface area contributed by atoms with E-state index in [1.54, 1.807) is 12.1 Å². The lowest BCUT2D eigenvalue weighted by molar-refractivity contribution is 0.0944. The van der Waals surface area contributed by atoms with Gasteiger partial charge in [0.05, 0.1) is 5.39 Å². The highest BCUT2D eigenvalue weighted by Crippen LogP contribution is 2.21. The molecular weight excluding hydrogens is 412 g/mol. The monoisotopic (exact) mass is 446 g/mol. The van der Waals surface area contributed by atoms with E-state index in [1.165, 1.54) is 29.5 Å². The number of nitrogens with zero attached hydrogens (tertiary/aromatic N) is 3. The van der Waals surface area contributed by atoms with Gasteiger partial charge in [-0.3, -0.25) is 14.5 Å². The van der Waals surface area contributed by atoms with Crippen molar-refractivity contribution in [3.05, 3.63) is 75.7 Å². The number of likely N-dealkylation sites (tertiary alicyclic amines) is 1. The Bertz CT molecular complexity index is 1180. The Labute approximate surface area is 195 Å². The number of carbonyl (C=O) groups is 1. The molecule has 4 rings (SSSR count). The fourth-order valence-electron chi connectivity index (χ4n) is 4.63. The molecular formula is C27H34N4O2. The topological polar surface area (TPSA) is 67.2 Å². The number of fused-ring (bicyclic) bond motifs is 1. The maximum Gasteiger partial charge on any atom is 0.274 e. The van der Waals surface area contributed by atoms with Crippen LogP contribution in [-0.2, 0) is 19.6 Å². The highest BCUT2D eigenvalue weighted by atomic mass is 16.2. The Morgan fingerprint density at radius 1 is 1.06 bits per heavy atom. The van der Waals surface area contributed by atoms with E-state index in [0.717, 1.165) is 18.7 Å². The van der Waals surface area contributed by atoms with Gasteiger partial charge < -0.3 is 5.32 Å². The first-order valence-electron chi connectivity index (χ1n) is 12.0. The maximum atomic E-state index is 13.2. The Morgan fingerprint density at radius 2 is 1.76 bits per heavy atom. The van der Waals surface area contributed by atoms with E-state index in [2.05, 4.69) is 40.4 Å². The van der Waals surface area contributed by atoms with Crippen LogP contribution in [0, 0.1) is 5.92 Å². The van der Waals surface area contributed by atoms with Crippen molar-refractivity contribution in [2.75, 3.05) is 6.54 Å². The molecule has 33 heavy (non-hydrogen) atoms. The summed E-state index contributed by atoms with van der Waals surface area (Å²) < 4.78 is 1.42. The van der Waals surface area contributed by atoms with Crippen molar-refractivity contribution in [2.24, 2.45) is 5.92 Å². The van der Waals surface area contributed by atoms with Crippen LogP contribution in [0.4, 0.5) is 0 Å². The fraction of sp³-hybridized carbons (Fsp3) is 0.444. The van der Waals surface area contributed by atoms with Gasteiger partial charge in [-0.2, -0.15) is 5.10 Å². The molecule has 1 aromatic heterocycles. The van der Waals surface area contributed by atoms with Crippen molar-refractivity contribution in [2.45, 2.75) is 65.7 Å². The first-order chi connectivity index (χ1) is 15.9. The van der Waals surface area contributed by atoms with Crippen molar-refractivity contribution >= 4 is 16.7 Å². The van der Waals surface area contributed by atoms with Crippen LogP contribution in [0.3, 0.4) is 0 Å². The van der Waals surface area contributed by atoms with Gasteiger partial charge in [-0.25, -0.2) is 4.68 Å². The molecule has 0 bridgehead atoms. The third kappa shape index (κ3) is 5.33. The predicted molar refractivity (Wildman–Crippen MR) is 132 cm³/mol. The van der Waals surface area contributed by atoms with E-state index in [-0.39, 0.29) is 17.4 Å². The fourth-order valence-corrected chi connectivity index (χ4v) is 4.63. The van der Waals surface area contributed by atoms with Gasteiger partial charge in [-0.1, -0.05) is 62.7 Å². The lowest BCUT2D eigenvalue weighted by atomic mass is 10.0. The minimum Gasteiger partial charge on any atom is -0.347 e. The summed E-state index contributed by atoms with van der Waals surface area (Å²) in [6, 6.07) is 16.1. The standard InChI is InChI=1S/C27H34N4O2/c1-19(2)17-31-27(33)24-14-7-6-13-23(24)25(29-31)26(32)28-16-21-11-4-5-12-22(21)18-30-15-9-8-10-20(30)3/h4-7,11-14,19-20H,8-10,15-18H2,1-3H3,(H,28,32). The number of piperidine rings is 1. The summed E-state index contributed by atoms with van der Waals surface area (Å²) >= 11 is 0. The maximum absolute atomic E-state index is 13.2. The zero-order valence-electron chi connectivity index (χ0n) is 19.9. The Morgan fingerprint density at radius 3 is 2.48 bits per heavy atom. The summed E-state index contributed by atoms with van der Waals surface area (Å²) in [6.45, 7) is 9.28. The SMILES string of the molecule is CC(C)Cn1nc(C(=O)NCc2ccccc2CN2CCCCC2C)c2ccccc2c1=O. The molecule has 3 aromatic rings. The highest BCUT2D eigenvalue weighted by Gasteiger charge is 2.20. The number of carbonyl (C=O) groups excluding carboxylic acids is 1. The molecule has 0 aliphatic carbocycles. The summed E-state index contributed by atoms with van der Waals surface area (Å²) in [7, 11) is 0. The first kappa shape index (κ1) is 23.2. The average Bonchev–Trinajstić information content (AvgIpc) is 2.81. The largest absolute Gasteiger partial charge is 0.347 e. The summed E-state index contributed by atoms with van der Waals surface area (Å²) in [5.74, 6) is -0.0128. The molecule has 1 atom stereocenters. The summed E-state index contributed by atoms with van der Waals surface area (Å²) in [5.41, 5.74) is 2.50. The molecule has 6 nitrogen and oxygen atoms in total. The van der Waals surface area contributed by atoms with Gasteiger partial charge in [0.1, 0.15) is 0 Å². The summed E-state index contributed by atoms with van der Waals surface area (Å²) in [4.78, 5) is 28.6. The molecule has 1 saturated heterocycles. The molecule has 1 aliphatic heterocycles. The zero-order chi connectivity index (χ0) is 23.4. The number of aromatic nitrogens is 2. The molecule has 0 spiro atoms. The Balaban J connectivity index is 1.56. The van der Waals surface area contributed by atoms with Gasteiger partial charge in [0.15, 0.2) is 5.69 Å². The van der Waals surface area contributed by atoms with Crippen molar-refractivity contribution in [1.29, 1.82) is 0 Å². The molecule has 0 radical (unpaired) electrons. The van der Waals surface area contributed by atoms with Gasteiger partial charge >= 0.3 is 0 Å². The molecule has 2 aromatic carbocycles. The van der Waals surface area contributed by atoms with E-state index < -0.39 is 0 Å². The normalized spacial score (nSPS) is 16.9. The molecule has 6 heteroatoms. The smallest absolute Gasteiger partial charge is 0.274 e. The number of rotatable bonds is 7. The van der Waals surface area contributed by atoms with Crippen LogP contribution in [0.15, 0.2) is 53.3 Å². The quantitative estimate of drug-likeness (QED) is 0.586. The van der Waals surface area contributed by atoms with Gasteiger partial charge in [0.2, 0.25) is 0 Å². The molecule has 2 heterocycles. The minimum atomic E-state index is -0.259. The van der Waals surface area contributed by atoms with Crippen molar-refractivity contribution < 1.29 is 4.79 Å². The van der Waals surface area contributed by atoms with E-state index in [0.29, 0.717) is 35.6 Å². The van der Waals surface area contributed by atoms with Crippen LogP contribution in [-0.4, -0.2) is 33.2 Å². The molecule has 174 valence electrons. The van der Waals surface area contributed by atoms with E-state index in [1.807, 2.05) is 32.0 Å². The Hall–Kier alpha value is -2.99. The van der Waals surface area contributed by atoms with Crippen LogP contribution in [0.25, 0.3) is 10.8 Å². The third-order valence-corrected chi connectivity index (χ3v) is 6.49. The number of amides is 1. The van der Waals surface area contributed by atoms with Crippen molar-refractivity contribution in [3.8, 4) is 0 Å². The van der Waals surface area contributed by atoms with Crippen molar-refractivity contribution in [3.63, 3.8) is 0 Å². The van der Waals surface area contributed by atoms with Gasteiger partial charge in [-0.05, 0) is 49.4 Å². The minimum absolute atomic E-state index is 0.156. The summed E-state index contributed by atoms with van der Waals surface area (Å²) in [5, 5.41) is 8.64. The van der Waals surface area contributed by atoms with Gasteiger partial charge in [-0.15, -0.1) is 0 Å². The molecule has 1 aliphatic rings. The molecule has 1 amide bonds. The number of benzene rings is 2. The zero-order valence-corrected chi connectivity index (χ0v) is 19.9. The van der Waals surface area contributed by atoms with E-state index in [4.69, 9.17) is 0 Å². The molecule has 1 fully saturated rings. The molecule has 1 N–H and O–H groups in total. The van der Waals surface area contributed by atoms with E-state index in [9.17, 15) is 9.59 Å². The van der Waals surface area contributed by atoms with Crippen molar-refractivity contribution in [1.82, 2.24) is 20.0 Å². The second-order valence-corrected chi connectivity index (χ2v) is 9.54. The van der Waals surface area contributed by atoms with Gasteiger partial charge in [0, 0.05) is 31.1 Å². The lowest BCUT2D eigenvalue weighted by Gasteiger charge is -2.33. The van der Waals surface area contributed by atoms with E-state index >= 15 is 0 Å². The second-order valence-electron chi connectivity index (χ2n) is 9.54. The highest BCUT2D eigenvalue weighted by molar-refractivity contribution is 6.04. The molecule has 0 saturated carbocycles. The van der Waals surface area contributed by atoms with Gasteiger partial charge in [0.25, 0.3) is 11.5 Å². The third-order valence-electron chi connectivity index (χ3n) is 6.49. The number of hydrogen-bond acceptors (Lipinski definition) is 4. The predicted octanol–water partition coefficient (Wildman–Crippen LogP) is 4.36. The lowest BCUT2D eigenvalue weighted by Crippen LogP contribution is -2.37. The number of nitrogens with one attached hydrogen (secondary N) is 1. The number of hydrogen-bond donors (Lipinski definition) is 1. The van der Waals surface area contributed by atoms with Crippen LogP contribution in [0.1, 0.15) is 61.6 Å². The van der Waals surface area contributed by atoms with Crippen LogP contribution >= 0.6 is 0 Å². The average molecular weight is 447 g/mol. The van der Waals surface area contributed by atoms with Crippen LogP contribution in [0.2, 0.25) is 0 Å². The van der Waals surface area contributed by atoms with Crippen LogP contribution in [0.5, 0.6) is 0 Å². The second kappa shape index (κ2) is 10.3.